The highest BCUT2D eigenvalue weighted by molar-refractivity contribution is 14.0. The number of halogens is 1. The second-order valence-corrected chi connectivity index (χ2v) is 8.81. The molecule has 0 radical (unpaired) electrons. The van der Waals surface area contributed by atoms with Crippen molar-refractivity contribution in [2.75, 3.05) is 13.6 Å². The number of hydrogen-bond donors (Lipinski definition) is 3. The minimum absolute atomic E-state index is 0. The van der Waals surface area contributed by atoms with Crippen LogP contribution in [0.25, 0.3) is 0 Å². The molecule has 0 fully saturated rings. The van der Waals surface area contributed by atoms with Gasteiger partial charge in [-0.1, -0.05) is 37.3 Å². The van der Waals surface area contributed by atoms with E-state index in [4.69, 9.17) is 5.14 Å². The highest BCUT2D eigenvalue weighted by atomic mass is 127. The van der Waals surface area contributed by atoms with E-state index in [1.165, 1.54) is 11.0 Å². The molecule has 0 aliphatic heterocycles. The van der Waals surface area contributed by atoms with E-state index in [1.54, 1.807) is 30.9 Å². The molecule has 0 aromatic heterocycles. The van der Waals surface area contributed by atoms with E-state index in [1.807, 2.05) is 24.3 Å². The summed E-state index contributed by atoms with van der Waals surface area (Å²) in [6.07, 6.45) is 0. The Morgan fingerprint density at radius 2 is 1.85 bits per heavy atom. The van der Waals surface area contributed by atoms with Gasteiger partial charge in [-0.25, -0.2) is 13.6 Å². The Kier molecular flexibility index (Phi) is 10.1. The Hall–Kier alpha value is -1.30. The molecule has 27 heavy (non-hydrogen) atoms. The van der Waals surface area contributed by atoms with Crippen LogP contribution in [0.15, 0.2) is 69.4 Å². The average molecular weight is 520 g/mol. The third-order valence-electron chi connectivity index (χ3n) is 3.55. The third-order valence-corrected chi connectivity index (χ3v) is 5.57. The number of nitrogens with one attached hydrogen (secondary N) is 2. The fraction of sp³-hybridized carbons (Fsp3) is 0.278. The van der Waals surface area contributed by atoms with E-state index in [2.05, 4.69) is 34.7 Å². The summed E-state index contributed by atoms with van der Waals surface area (Å²) in [7, 11) is -2.00. The maximum atomic E-state index is 11.4. The van der Waals surface area contributed by atoms with Crippen LogP contribution in [0.4, 0.5) is 0 Å². The number of nitrogens with two attached hydrogens (primary N) is 1. The lowest BCUT2D eigenvalue weighted by molar-refractivity contribution is 0.597. The molecular formula is C18H25IN4O2S2. The molecule has 0 saturated heterocycles. The Bertz CT molecular complexity index is 845. The van der Waals surface area contributed by atoms with E-state index < -0.39 is 10.0 Å². The number of aliphatic imine (C=N–C) groups is 1. The lowest BCUT2D eigenvalue weighted by Crippen LogP contribution is -2.39. The van der Waals surface area contributed by atoms with Gasteiger partial charge in [0.05, 0.1) is 4.90 Å². The molecule has 9 heteroatoms. The van der Waals surface area contributed by atoms with Crippen molar-refractivity contribution in [3.05, 3.63) is 60.2 Å². The third kappa shape index (κ3) is 8.50. The number of nitrogens with zero attached hydrogens (tertiary/aromatic N) is 1. The molecule has 148 valence electrons. The maximum Gasteiger partial charge on any atom is 0.238 e. The zero-order valence-electron chi connectivity index (χ0n) is 15.3. The van der Waals surface area contributed by atoms with Crippen LogP contribution in [-0.2, 0) is 16.6 Å². The van der Waals surface area contributed by atoms with Crippen LogP contribution in [0.2, 0.25) is 0 Å². The zero-order valence-corrected chi connectivity index (χ0v) is 19.2. The van der Waals surface area contributed by atoms with Gasteiger partial charge in [-0.3, -0.25) is 4.99 Å². The SMILES string of the molecule is CN=C(NCc1cccc(S(N)(=O)=O)c1)NCC(C)Sc1ccccc1.I. The molecule has 0 spiro atoms. The molecular weight excluding hydrogens is 495 g/mol. The van der Waals surface area contributed by atoms with Gasteiger partial charge in [-0.15, -0.1) is 35.7 Å². The van der Waals surface area contributed by atoms with E-state index in [0.29, 0.717) is 17.8 Å². The van der Waals surface area contributed by atoms with Crippen molar-refractivity contribution < 1.29 is 8.42 Å². The molecule has 0 aliphatic carbocycles. The van der Waals surface area contributed by atoms with Gasteiger partial charge in [-0.05, 0) is 29.8 Å². The van der Waals surface area contributed by atoms with E-state index in [0.717, 1.165) is 12.1 Å². The van der Waals surface area contributed by atoms with Gasteiger partial charge in [0.2, 0.25) is 10.0 Å². The van der Waals surface area contributed by atoms with Crippen molar-refractivity contribution in [1.29, 1.82) is 0 Å². The molecule has 4 N–H and O–H groups in total. The summed E-state index contributed by atoms with van der Waals surface area (Å²) < 4.78 is 22.9. The number of sulfonamides is 1. The predicted molar refractivity (Wildman–Crippen MR) is 123 cm³/mol. The fourth-order valence-electron chi connectivity index (χ4n) is 2.25. The fourth-order valence-corrected chi connectivity index (χ4v) is 3.78. The molecule has 0 bridgehead atoms. The van der Waals surface area contributed by atoms with Crippen LogP contribution in [0, 0.1) is 0 Å². The van der Waals surface area contributed by atoms with Gasteiger partial charge in [0.25, 0.3) is 0 Å². The summed E-state index contributed by atoms with van der Waals surface area (Å²) in [6.45, 7) is 3.34. The first-order valence-corrected chi connectivity index (χ1v) is 10.6. The predicted octanol–water partition coefficient (Wildman–Crippen LogP) is 2.80. The largest absolute Gasteiger partial charge is 0.355 e. The van der Waals surface area contributed by atoms with Gasteiger partial charge in [0.15, 0.2) is 5.96 Å². The van der Waals surface area contributed by atoms with Crippen molar-refractivity contribution in [3.8, 4) is 0 Å². The van der Waals surface area contributed by atoms with Gasteiger partial charge in [0, 0.05) is 30.3 Å². The summed E-state index contributed by atoms with van der Waals surface area (Å²) in [5.41, 5.74) is 0.811. The Labute approximate surface area is 182 Å². The molecule has 0 aliphatic rings. The number of hydrogen-bond acceptors (Lipinski definition) is 4. The maximum absolute atomic E-state index is 11.4. The molecule has 0 heterocycles. The average Bonchev–Trinajstić information content (AvgIpc) is 2.62. The Morgan fingerprint density at radius 1 is 1.15 bits per heavy atom. The summed E-state index contributed by atoms with van der Waals surface area (Å²) in [5.74, 6) is 0.659. The van der Waals surface area contributed by atoms with Crippen molar-refractivity contribution >= 4 is 51.7 Å². The molecule has 0 amide bonds. The summed E-state index contributed by atoms with van der Waals surface area (Å²) in [4.78, 5) is 5.53. The Morgan fingerprint density at radius 3 is 2.48 bits per heavy atom. The van der Waals surface area contributed by atoms with Crippen LogP contribution < -0.4 is 15.8 Å². The molecule has 1 atom stereocenters. The van der Waals surface area contributed by atoms with E-state index >= 15 is 0 Å². The number of primary sulfonamides is 1. The summed E-state index contributed by atoms with van der Waals surface area (Å²) in [5, 5.41) is 12.0. The monoisotopic (exact) mass is 520 g/mol. The number of thioether (sulfide) groups is 1. The lowest BCUT2D eigenvalue weighted by Gasteiger charge is -2.16. The van der Waals surface area contributed by atoms with Crippen molar-refractivity contribution in [2.24, 2.45) is 10.1 Å². The highest BCUT2D eigenvalue weighted by Gasteiger charge is 2.09. The topological polar surface area (TPSA) is 96.6 Å². The van der Waals surface area contributed by atoms with Crippen molar-refractivity contribution in [3.63, 3.8) is 0 Å². The lowest BCUT2D eigenvalue weighted by atomic mass is 10.2. The minimum atomic E-state index is -3.70. The summed E-state index contributed by atoms with van der Waals surface area (Å²) in [6, 6.07) is 16.8. The van der Waals surface area contributed by atoms with Gasteiger partial charge in [-0.2, -0.15) is 0 Å². The van der Waals surface area contributed by atoms with Crippen LogP contribution in [-0.4, -0.2) is 33.2 Å². The second kappa shape index (κ2) is 11.5. The number of benzene rings is 2. The van der Waals surface area contributed by atoms with Crippen LogP contribution in [0.3, 0.4) is 0 Å². The Balaban J connectivity index is 0.00000364. The molecule has 2 aromatic rings. The number of rotatable bonds is 7. The van der Waals surface area contributed by atoms with E-state index in [-0.39, 0.29) is 28.9 Å². The molecule has 2 aromatic carbocycles. The normalized spacial score (nSPS) is 12.8. The van der Waals surface area contributed by atoms with Gasteiger partial charge >= 0.3 is 0 Å². The first kappa shape index (κ1) is 23.7. The molecule has 2 rings (SSSR count). The van der Waals surface area contributed by atoms with Gasteiger partial charge in [0.1, 0.15) is 0 Å². The summed E-state index contributed by atoms with van der Waals surface area (Å²) >= 11 is 1.79. The van der Waals surface area contributed by atoms with Crippen LogP contribution in [0.5, 0.6) is 0 Å². The smallest absolute Gasteiger partial charge is 0.238 e. The molecule has 6 nitrogen and oxygen atoms in total. The van der Waals surface area contributed by atoms with E-state index in [9.17, 15) is 8.42 Å². The van der Waals surface area contributed by atoms with Crippen molar-refractivity contribution in [1.82, 2.24) is 10.6 Å². The zero-order chi connectivity index (χ0) is 19.0. The first-order valence-electron chi connectivity index (χ1n) is 8.16. The highest BCUT2D eigenvalue weighted by Crippen LogP contribution is 2.21. The van der Waals surface area contributed by atoms with Crippen LogP contribution >= 0.6 is 35.7 Å². The molecule has 0 saturated carbocycles. The molecule has 1 unspecified atom stereocenters. The van der Waals surface area contributed by atoms with Crippen LogP contribution in [0.1, 0.15) is 12.5 Å². The minimum Gasteiger partial charge on any atom is -0.355 e. The number of guanidine groups is 1. The first-order chi connectivity index (χ1) is 12.4. The second-order valence-electron chi connectivity index (χ2n) is 5.74. The van der Waals surface area contributed by atoms with Crippen molar-refractivity contribution in [2.45, 2.75) is 28.5 Å². The standard InChI is InChI=1S/C18H24N4O2S2.HI/c1-14(25-16-8-4-3-5-9-16)12-21-18(20-2)22-13-15-7-6-10-17(11-15)26(19,23)24;/h3-11,14H,12-13H2,1-2H3,(H2,19,23,24)(H2,20,21,22);1H. The van der Waals surface area contributed by atoms with Gasteiger partial charge < -0.3 is 10.6 Å². The quantitative estimate of drug-likeness (QED) is 0.226.